The standard InChI is InChI=1S/C17H16FN5O/c1-24-16-6-7-19-17(21-16)22-10-13-8-20-23(15(13)11-22)9-12-2-4-14(18)5-3-12/h2-8H,9-11H2,1H3. The smallest absolute Gasteiger partial charge is 0.229 e. The number of fused-ring (bicyclic) bond motifs is 1. The third-order valence-corrected chi connectivity index (χ3v) is 4.09. The van der Waals surface area contributed by atoms with E-state index in [9.17, 15) is 4.39 Å². The van der Waals surface area contributed by atoms with Gasteiger partial charge in [0.15, 0.2) is 0 Å². The first-order valence-electron chi connectivity index (χ1n) is 7.63. The SMILES string of the molecule is COc1ccnc(N2Cc3cnn(Cc4ccc(F)cc4)c3C2)n1. The van der Waals surface area contributed by atoms with Crippen LogP contribution in [-0.4, -0.2) is 26.9 Å². The molecule has 0 aliphatic carbocycles. The number of hydrogen-bond acceptors (Lipinski definition) is 5. The molecule has 0 atom stereocenters. The molecule has 24 heavy (non-hydrogen) atoms. The molecule has 4 rings (SSSR count). The fourth-order valence-corrected chi connectivity index (χ4v) is 2.85. The second kappa shape index (κ2) is 5.92. The average molecular weight is 325 g/mol. The van der Waals surface area contributed by atoms with Gasteiger partial charge in [-0.2, -0.15) is 10.1 Å². The van der Waals surface area contributed by atoms with Gasteiger partial charge >= 0.3 is 0 Å². The predicted octanol–water partition coefficient (Wildman–Crippen LogP) is 2.39. The lowest BCUT2D eigenvalue weighted by atomic mass is 10.2. The molecular formula is C17H16FN5O. The lowest BCUT2D eigenvalue weighted by molar-refractivity contribution is 0.396. The van der Waals surface area contributed by atoms with Gasteiger partial charge in [-0.25, -0.2) is 9.37 Å². The second-order valence-electron chi connectivity index (χ2n) is 5.66. The van der Waals surface area contributed by atoms with Gasteiger partial charge in [0, 0.05) is 24.4 Å². The van der Waals surface area contributed by atoms with Crippen LogP contribution in [-0.2, 0) is 19.6 Å². The van der Waals surface area contributed by atoms with Crippen molar-refractivity contribution >= 4 is 5.95 Å². The van der Waals surface area contributed by atoms with Crippen LogP contribution in [0.4, 0.5) is 10.3 Å². The normalized spacial score (nSPS) is 13.2. The van der Waals surface area contributed by atoms with Crippen molar-refractivity contribution in [1.82, 2.24) is 19.7 Å². The molecular weight excluding hydrogens is 309 g/mol. The minimum Gasteiger partial charge on any atom is -0.481 e. The van der Waals surface area contributed by atoms with Crippen LogP contribution >= 0.6 is 0 Å². The maximum absolute atomic E-state index is 13.0. The molecule has 1 aromatic carbocycles. The zero-order valence-electron chi connectivity index (χ0n) is 13.2. The van der Waals surface area contributed by atoms with Crippen molar-refractivity contribution in [3.63, 3.8) is 0 Å². The summed E-state index contributed by atoms with van der Waals surface area (Å²) in [7, 11) is 1.59. The van der Waals surface area contributed by atoms with E-state index in [0.717, 1.165) is 16.8 Å². The zero-order valence-corrected chi connectivity index (χ0v) is 13.2. The molecule has 0 spiro atoms. The summed E-state index contributed by atoms with van der Waals surface area (Å²) in [6.45, 7) is 2.01. The van der Waals surface area contributed by atoms with Crippen molar-refractivity contribution in [2.75, 3.05) is 12.0 Å². The van der Waals surface area contributed by atoms with Gasteiger partial charge in [0.1, 0.15) is 5.82 Å². The minimum absolute atomic E-state index is 0.231. The van der Waals surface area contributed by atoms with E-state index < -0.39 is 0 Å². The third kappa shape index (κ3) is 2.68. The molecule has 2 aromatic heterocycles. The Balaban J connectivity index is 1.54. The van der Waals surface area contributed by atoms with E-state index in [1.165, 1.54) is 12.1 Å². The highest BCUT2D eigenvalue weighted by Crippen LogP contribution is 2.27. The van der Waals surface area contributed by atoms with E-state index in [1.807, 2.05) is 10.9 Å². The number of rotatable bonds is 4. The van der Waals surface area contributed by atoms with Crippen LogP contribution in [0, 0.1) is 5.82 Å². The number of methoxy groups -OCH3 is 1. The Bertz CT molecular complexity index is 862. The highest BCUT2D eigenvalue weighted by atomic mass is 19.1. The van der Waals surface area contributed by atoms with Crippen LogP contribution in [0.15, 0.2) is 42.7 Å². The average Bonchev–Trinajstić information content (AvgIpc) is 3.19. The summed E-state index contributed by atoms with van der Waals surface area (Å²) in [6.07, 6.45) is 3.56. The van der Waals surface area contributed by atoms with Crippen molar-refractivity contribution < 1.29 is 9.13 Å². The van der Waals surface area contributed by atoms with Crippen molar-refractivity contribution in [2.24, 2.45) is 0 Å². The molecule has 0 unspecified atom stereocenters. The van der Waals surface area contributed by atoms with Gasteiger partial charge in [-0.3, -0.25) is 4.68 Å². The Morgan fingerprint density at radius 1 is 1.17 bits per heavy atom. The van der Waals surface area contributed by atoms with Gasteiger partial charge in [0.25, 0.3) is 0 Å². The number of anilines is 1. The molecule has 1 aliphatic heterocycles. The van der Waals surface area contributed by atoms with Crippen molar-refractivity contribution in [3.05, 3.63) is 65.4 Å². The maximum Gasteiger partial charge on any atom is 0.229 e. The van der Waals surface area contributed by atoms with Crippen LogP contribution in [0.25, 0.3) is 0 Å². The molecule has 3 heterocycles. The molecule has 0 saturated heterocycles. The zero-order chi connectivity index (χ0) is 16.5. The monoisotopic (exact) mass is 325 g/mol. The van der Waals surface area contributed by atoms with Gasteiger partial charge in [-0.1, -0.05) is 12.1 Å². The summed E-state index contributed by atoms with van der Waals surface area (Å²) in [5, 5.41) is 4.45. The number of ether oxygens (including phenoxy) is 1. The molecule has 7 heteroatoms. The number of aromatic nitrogens is 4. The first kappa shape index (κ1) is 14.6. The van der Waals surface area contributed by atoms with E-state index in [1.54, 1.807) is 31.5 Å². The summed E-state index contributed by atoms with van der Waals surface area (Å²) in [6, 6.07) is 8.22. The quantitative estimate of drug-likeness (QED) is 0.737. The highest BCUT2D eigenvalue weighted by Gasteiger charge is 2.25. The molecule has 0 amide bonds. The van der Waals surface area contributed by atoms with Crippen LogP contribution in [0.3, 0.4) is 0 Å². The van der Waals surface area contributed by atoms with Crippen molar-refractivity contribution in [2.45, 2.75) is 19.6 Å². The summed E-state index contributed by atoms with van der Waals surface area (Å²) < 4.78 is 20.1. The summed E-state index contributed by atoms with van der Waals surface area (Å²) in [4.78, 5) is 10.8. The summed E-state index contributed by atoms with van der Waals surface area (Å²) >= 11 is 0. The molecule has 3 aromatic rings. The van der Waals surface area contributed by atoms with Crippen molar-refractivity contribution in [3.8, 4) is 5.88 Å². The van der Waals surface area contributed by atoms with E-state index in [-0.39, 0.29) is 5.82 Å². The van der Waals surface area contributed by atoms with Crippen LogP contribution in [0.5, 0.6) is 5.88 Å². The van der Waals surface area contributed by atoms with Crippen molar-refractivity contribution in [1.29, 1.82) is 0 Å². The first-order chi connectivity index (χ1) is 11.7. The van der Waals surface area contributed by atoms with Gasteiger partial charge in [-0.05, 0) is 17.7 Å². The third-order valence-electron chi connectivity index (χ3n) is 4.09. The fourth-order valence-electron chi connectivity index (χ4n) is 2.85. The lowest BCUT2D eigenvalue weighted by Crippen LogP contribution is -2.19. The van der Waals surface area contributed by atoms with Crippen LogP contribution in [0.2, 0.25) is 0 Å². The first-order valence-corrected chi connectivity index (χ1v) is 7.63. The topological polar surface area (TPSA) is 56.1 Å². The van der Waals surface area contributed by atoms with E-state index in [4.69, 9.17) is 4.74 Å². The Morgan fingerprint density at radius 3 is 2.79 bits per heavy atom. The Hall–Kier alpha value is -2.96. The molecule has 0 saturated carbocycles. The van der Waals surface area contributed by atoms with E-state index in [0.29, 0.717) is 31.5 Å². The predicted molar refractivity (Wildman–Crippen MR) is 86.2 cm³/mol. The lowest BCUT2D eigenvalue weighted by Gasteiger charge is -2.16. The number of benzene rings is 1. The van der Waals surface area contributed by atoms with Gasteiger partial charge < -0.3 is 9.64 Å². The second-order valence-corrected chi connectivity index (χ2v) is 5.66. The highest BCUT2D eigenvalue weighted by molar-refractivity contribution is 5.41. The fraction of sp³-hybridized carbons (Fsp3) is 0.235. The van der Waals surface area contributed by atoms with Gasteiger partial charge in [0.2, 0.25) is 11.8 Å². The van der Waals surface area contributed by atoms with E-state index >= 15 is 0 Å². The van der Waals surface area contributed by atoms with Crippen LogP contribution in [0.1, 0.15) is 16.8 Å². The Labute approximate surface area is 138 Å². The molecule has 0 bridgehead atoms. The number of nitrogens with zero attached hydrogens (tertiary/aromatic N) is 5. The Morgan fingerprint density at radius 2 is 2.00 bits per heavy atom. The largest absolute Gasteiger partial charge is 0.481 e. The van der Waals surface area contributed by atoms with E-state index in [2.05, 4.69) is 20.0 Å². The maximum atomic E-state index is 13.0. The Kier molecular flexibility index (Phi) is 3.60. The number of hydrogen-bond donors (Lipinski definition) is 0. The molecule has 0 N–H and O–H groups in total. The minimum atomic E-state index is -0.231. The summed E-state index contributed by atoms with van der Waals surface area (Å²) in [5.74, 6) is 0.952. The number of halogens is 1. The molecule has 122 valence electrons. The molecule has 0 fully saturated rings. The summed E-state index contributed by atoms with van der Waals surface area (Å²) in [5.41, 5.74) is 3.30. The molecule has 1 aliphatic rings. The molecule has 6 nitrogen and oxygen atoms in total. The van der Waals surface area contributed by atoms with Gasteiger partial charge in [0.05, 0.1) is 32.1 Å². The van der Waals surface area contributed by atoms with Gasteiger partial charge in [-0.15, -0.1) is 0 Å². The van der Waals surface area contributed by atoms with Crippen LogP contribution < -0.4 is 9.64 Å². The molecule has 0 radical (unpaired) electrons.